The third-order valence-electron chi connectivity index (χ3n) is 7.38. The number of halogens is 1. The van der Waals surface area contributed by atoms with Crippen LogP contribution in [0.25, 0.3) is 0 Å². The van der Waals surface area contributed by atoms with Crippen molar-refractivity contribution in [3.63, 3.8) is 0 Å². The smallest absolute Gasteiger partial charge is 0.242 e. The summed E-state index contributed by atoms with van der Waals surface area (Å²) in [4.78, 5) is 28.4. The Hall–Kier alpha value is -2.58. The number of aryl methyl sites for hydroxylation is 1. The zero-order valence-electron chi connectivity index (χ0n) is 22.9. The molecule has 2 amide bonds. The molecule has 0 heterocycles. The van der Waals surface area contributed by atoms with E-state index in [1.165, 1.54) is 10.7 Å². The molecule has 0 bridgehead atoms. The van der Waals surface area contributed by atoms with E-state index in [-0.39, 0.29) is 30.8 Å². The Bertz CT molecular complexity index is 1230. The first-order chi connectivity index (χ1) is 18.0. The first-order valence-corrected chi connectivity index (χ1v) is 15.6. The quantitative estimate of drug-likeness (QED) is 0.399. The highest BCUT2D eigenvalue weighted by molar-refractivity contribution is 7.92. The van der Waals surface area contributed by atoms with Crippen molar-refractivity contribution >= 4 is 39.1 Å². The maximum Gasteiger partial charge on any atom is 0.242 e. The minimum absolute atomic E-state index is 0.110. The highest BCUT2D eigenvalue weighted by Gasteiger charge is 2.29. The number of amides is 2. The molecule has 38 heavy (non-hydrogen) atoms. The van der Waals surface area contributed by atoms with Gasteiger partial charge < -0.3 is 10.2 Å². The molecule has 1 N–H and O–H groups in total. The lowest BCUT2D eigenvalue weighted by atomic mass is 9.95. The van der Waals surface area contributed by atoms with E-state index >= 15 is 0 Å². The Morgan fingerprint density at radius 1 is 1.05 bits per heavy atom. The molecule has 2 aromatic carbocycles. The van der Waals surface area contributed by atoms with E-state index in [0.29, 0.717) is 29.2 Å². The van der Waals surface area contributed by atoms with Gasteiger partial charge in [-0.25, -0.2) is 8.42 Å². The van der Waals surface area contributed by atoms with Crippen LogP contribution in [0.4, 0.5) is 5.69 Å². The summed E-state index contributed by atoms with van der Waals surface area (Å²) in [5.41, 5.74) is 3.19. The number of benzene rings is 2. The number of nitrogens with one attached hydrogen (secondary N) is 1. The van der Waals surface area contributed by atoms with Gasteiger partial charge >= 0.3 is 0 Å². The van der Waals surface area contributed by atoms with Gasteiger partial charge in [0.1, 0.15) is 6.04 Å². The standard InChI is InChI=1S/C29H40ClN3O4S/c1-21-12-8-9-13-24(21)20-32(23(3)29(35)31-25-14-6-5-7-15-25)28(34)18-11-19-33(38(4,36)37)27-17-10-16-26(30)22(27)2/h8-10,12-13,16-17,23,25H,5-7,11,14-15,18-20H2,1-4H3,(H,31,35)/t23-/m0/s1. The molecule has 2 aromatic rings. The minimum atomic E-state index is -3.59. The van der Waals surface area contributed by atoms with Gasteiger partial charge in [0.25, 0.3) is 0 Å². The molecule has 208 valence electrons. The average Bonchev–Trinajstić information content (AvgIpc) is 2.87. The maximum absolute atomic E-state index is 13.5. The van der Waals surface area contributed by atoms with E-state index in [4.69, 9.17) is 11.6 Å². The minimum Gasteiger partial charge on any atom is -0.352 e. The van der Waals surface area contributed by atoms with Crippen LogP contribution in [0.3, 0.4) is 0 Å². The second-order valence-corrected chi connectivity index (χ2v) is 12.6. The van der Waals surface area contributed by atoms with Gasteiger partial charge in [-0.1, -0.05) is 61.2 Å². The molecule has 0 spiro atoms. The van der Waals surface area contributed by atoms with Crippen molar-refractivity contribution in [2.45, 2.75) is 84.3 Å². The van der Waals surface area contributed by atoms with Gasteiger partial charge in [0, 0.05) is 30.6 Å². The topological polar surface area (TPSA) is 86.8 Å². The Balaban J connectivity index is 1.75. The van der Waals surface area contributed by atoms with Crippen LogP contribution in [0.15, 0.2) is 42.5 Å². The molecule has 7 nitrogen and oxygen atoms in total. The number of sulfonamides is 1. The number of hydrogen-bond acceptors (Lipinski definition) is 4. The van der Waals surface area contributed by atoms with Gasteiger partial charge in [-0.15, -0.1) is 0 Å². The first kappa shape index (κ1) is 30.0. The molecule has 1 atom stereocenters. The molecule has 0 unspecified atom stereocenters. The van der Waals surface area contributed by atoms with Crippen LogP contribution < -0.4 is 9.62 Å². The molecule has 1 fully saturated rings. The molecule has 3 rings (SSSR count). The molecule has 0 aromatic heterocycles. The summed E-state index contributed by atoms with van der Waals surface area (Å²) in [5.74, 6) is -0.332. The molecule has 0 saturated heterocycles. The van der Waals surface area contributed by atoms with Crippen molar-refractivity contribution in [3.05, 3.63) is 64.2 Å². The van der Waals surface area contributed by atoms with E-state index in [1.807, 2.05) is 31.2 Å². The Morgan fingerprint density at radius 2 is 1.74 bits per heavy atom. The fourth-order valence-corrected chi connectivity index (χ4v) is 6.16. The van der Waals surface area contributed by atoms with Gasteiger partial charge in [0.05, 0.1) is 11.9 Å². The van der Waals surface area contributed by atoms with Gasteiger partial charge in [-0.2, -0.15) is 0 Å². The van der Waals surface area contributed by atoms with Gasteiger partial charge in [0.2, 0.25) is 21.8 Å². The lowest BCUT2D eigenvalue weighted by Crippen LogP contribution is -2.50. The molecular weight excluding hydrogens is 522 g/mol. The van der Waals surface area contributed by atoms with Crippen molar-refractivity contribution in [2.24, 2.45) is 0 Å². The van der Waals surface area contributed by atoms with E-state index < -0.39 is 16.1 Å². The molecule has 0 aliphatic heterocycles. The van der Waals surface area contributed by atoms with Crippen LogP contribution in [0.1, 0.15) is 68.6 Å². The lowest BCUT2D eigenvalue weighted by molar-refractivity contribution is -0.141. The normalized spacial score (nSPS) is 15.1. The summed E-state index contributed by atoms with van der Waals surface area (Å²) >= 11 is 6.24. The molecule has 1 saturated carbocycles. The van der Waals surface area contributed by atoms with Crippen molar-refractivity contribution in [3.8, 4) is 0 Å². The van der Waals surface area contributed by atoms with E-state index in [2.05, 4.69) is 5.32 Å². The molecule has 9 heteroatoms. The van der Waals surface area contributed by atoms with Crippen molar-refractivity contribution in [1.82, 2.24) is 10.2 Å². The fourth-order valence-electron chi connectivity index (χ4n) is 4.97. The number of carbonyl (C=O) groups is 2. The summed E-state index contributed by atoms with van der Waals surface area (Å²) in [6.07, 6.45) is 6.90. The maximum atomic E-state index is 13.5. The summed E-state index contributed by atoms with van der Waals surface area (Å²) in [5, 5.41) is 3.63. The summed E-state index contributed by atoms with van der Waals surface area (Å²) in [6.45, 7) is 5.98. The molecular formula is C29H40ClN3O4S. The Labute approximate surface area is 232 Å². The summed E-state index contributed by atoms with van der Waals surface area (Å²) in [7, 11) is -3.59. The van der Waals surface area contributed by atoms with Crippen molar-refractivity contribution < 1.29 is 18.0 Å². The average molecular weight is 562 g/mol. The molecule has 1 aliphatic carbocycles. The predicted molar refractivity (Wildman–Crippen MR) is 154 cm³/mol. The van der Waals surface area contributed by atoms with Crippen LogP contribution in [-0.4, -0.2) is 50.0 Å². The highest BCUT2D eigenvalue weighted by Crippen LogP contribution is 2.28. The lowest BCUT2D eigenvalue weighted by Gasteiger charge is -2.32. The van der Waals surface area contributed by atoms with Crippen LogP contribution >= 0.6 is 11.6 Å². The Kier molecular flexibility index (Phi) is 10.6. The molecule has 1 aliphatic rings. The summed E-state index contributed by atoms with van der Waals surface area (Å²) in [6, 6.07) is 12.5. The Morgan fingerprint density at radius 3 is 2.39 bits per heavy atom. The first-order valence-electron chi connectivity index (χ1n) is 13.4. The van der Waals surface area contributed by atoms with Crippen LogP contribution in [0.2, 0.25) is 5.02 Å². The van der Waals surface area contributed by atoms with Gasteiger partial charge in [0.15, 0.2) is 0 Å². The van der Waals surface area contributed by atoms with Gasteiger partial charge in [-0.3, -0.25) is 13.9 Å². The number of rotatable bonds is 11. The number of nitrogens with zero attached hydrogens (tertiary/aromatic N) is 2. The predicted octanol–water partition coefficient (Wildman–Crippen LogP) is 5.37. The molecule has 0 radical (unpaired) electrons. The van der Waals surface area contributed by atoms with Crippen LogP contribution in [0.5, 0.6) is 0 Å². The number of anilines is 1. The highest BCUT2D eigenvalue weighted by atomic mass is 35.5. The zero-order valence-corrected chi connectivity index (χ0v) is 24.4. The van der Waals surface area contributed by atoms with Crippen LogP contribution in [-0.2, 0) is 26.2 Å². The monoisotopic (exact) mass is 561 g/mol. The fraction of sp³-hybridized carbons (Fsp3) is 0.517. The van der Waals surface area contributed by atoms with E-state index in [0.717, 1.165) is 43.1 Å². The largest absolute Gasteiger partial charge is 0.352 e. The number of carbonyl (C=O) groups excluding carboxylic acids is 2. The van der Waals surface area contributed by atoms with Crippen LogP contribution in [0, 0.1) is 13.8 Å². The van der Waals surface area contributed by atoms with Crippen molar-refractivity contribution in [2.75, 3.05) is 17.1 Å². The van der Waals surface area contributed by atoms with Gasteiger partial charge in [-0.05, 0) is 68.9 Å². The second-order valence-electron chi connectivity index (χ2n) is 10.3. The number of hydrogen-bond donors (Lipinski definition) is 1. The SMILES string of the molecule is Cc1ccccc1CN(C(=O)CCCN(c1cccc(Cl)c1C)S(C)(=O)=O)[C@@H](C)C(=O)NC1CCCCC1. The third-order valence-corrected chi connectivity index (χ3v) is 8.97. The van der Waals surface area contributed by atoms with E-state index in [9.17, 15) is 18.0 Å². The second kappa shape index (κ2) is 13.5. The summed E-state index contributed by atoms with van der Waals surface area (Å²) < 4.78 is 26.5. The van der Waals surface area contributed by atoms with E-state index in [1.54, 1.807) is 36.9 Å². The zero-order chi connectivity index (χ0) is 27.9. The third kappa shape index (κ3) is 7.96. The van der Waals surface area contributed by atoms with Crippen molar-refractivity contribution in [1.29, 1.82) is 0 Å².